The van der Waals surface area contributed by atoms with Gasteiger partial charge >= 0.3 is 0 Å². The van der Waals surface area contributed by atoms with Gasteiger partial charge in [-0.3, -0.25) is 0 Å². The molecule has 0 bridgehead atoms. The maximum Gasteiger partial charge on any atom is 0.276 e. The first-order chi connectivity index (χ1) is 8.93. The van der Waals surface area contributed by atoms with Gasteiger partial charge in [-0.25, -0.2) is 8.42 Å². The van der Waals surface area contributed by atoms with Crippen molar-refractivity contribution in [3.05, 3.63) is 17.9 Å². The standard InChI is InChI=1S/C12H22N2O3S2/c1-10(7-8-18-4)14(3)19(15,16)12-6-5-11(17-12)9-13-2/h5-6,10,13H,7-9H2,1-4H3. The van der Waals surface area contributed by atoms with Gasteiger partial charge in [-0.05, 0) is 44.5 Å². The van der Waals surface area contributed by atoms with E-state index in [9.17, 15) is 8.42 Å². The summed E-state index contributed by atoms with van der Waals surface area (Å²) in [6.07, 6.45) is 2.83. The average Bonchev–Trinajstić information content (AvgIpc) is 2.84. The Balaban J connectivity index is 2.83. The molecular formula is C12H22N2O3S2. The van der Waals surface area contributed by atoms with Gasteiger partial charge in [-0.2, -0.15) is 16.1 Å². The zero-order valence-electron chi connectivity index (χ0n) is 11.8. The van der Waals surface area contributed by atoms with Crippen LogP contribution in [0.1, 0.15) is 19.1 Å². The molecule has 0 aliphatic carbocycles. The van der Waals surface area contributed by atoms with E-state index in [-0.39, 0.29) is 11.1 Å². The summed E-state index contributed by atoms with van der Waals surface area (Å²) >= 11 is 1.71. The lowest BCUT2D eigenvalue weighted by molar-refractivity contribution is 0.350. The molecular weight excluding hydrogens is 284 g/mol. The van der Waals surface area contributed by atoms with Gasteiger partial charge in [-0.1, -0.05) is 0 Å². The Labute approximate surface area is 119 Å². The molecule has 0 radical (unpaired) electrons. The van der Waals surface area contributed by atoms with Crippen molar-refractivity contribution in [2.24, 2.45) is 0 Å². The minimum atomic E-state index is -3.54. The normalized spacial score (nSPS) is 13.9. The van der Waals surface area contributed by atoms with Gasteiger partial charge in [0.1, 0.15) is 5.76 Å². The van der Waals surface area contributed by atoms with E-state index in [2.05, 4.69) is 5.32 Å². The van der Waals surface area contributed by atoms with E-state index in [1.165, 1.54) is 10.4 Å². The van der Waals surface area contributed by atoms with Crippen molar-refractivity contribution in [2.75, 3.05) is 26.1 Å². The summed E-state index contributed by atoms with van der Waals surface area (Å²) in [7, 11) is -0.154. The van der Waals surface area contributed by atoms with Gasteiger partial charge in [0.25, 0.3) is 10.0 Å². The molecule has 110 valence electrons. The Morgan fingerprint density at radius 1 is 1.47 bits per heavy atom. The van der Waals surface area contributed by atoms with Crippen LogP contribution in [-0.4, -0.2) is 44.9 Å². The maximum absolute atomic E-state index is 12.4. The molecule has 0 fully saturated rings. The maximum atomic E-state index is 12.4. The Morgan fingerprint density at radius 3 is 2.74 bits per heavy atom. The van der Waals surface area contributed by atoms with Crippen LogP contribution in [0.15, 0.2) is 21.6 Å². The van der Waals surface area contributed by atoms with Crippen LogP contribution in [0.5, 0.6) is 0 Å². The second kappa shape index (κ2) is 7.33. The molecule has 1 atom stereocenters. The van der Waals surface area contributed by atoms with Crippen molar-refractivity contribution in [3.63, 3.8) is 0 Å². The third kappa shape index (κ3) is 4.24. The molecule has 19 heavy (non-hydrogen) atoms. The summed E-state index contributed by atoms with van der Waals surface area (Å²) in [5.74, 6) is 1.55. The molecule has 0 aromatic carbocycles. The first-order valence-corrected chi connectivity index (χ1v) is 8.97. The number of nitrogens with one attached hydrogen (secondary N) is 1. The largest absolute Gasteiger partial charge is 0.447 e. The van der Waals surface area contributed by atoms with Crippen molar-refractivity contribution in [3.8, 4) is 0 Å². The highest BCUT2D eigenvalue weighted by Crippen LogP contribution is 2.20. The molecule has 1 heterocycles. The fourth-order valence-electron chi connectivity index (χ4n) is 1.62. The third-order valence-corrected chi connectivity index (χ3v) is 5.47. The highest BCUT2D eigenvalue weighted by Gasteiger charge is 2.28. The molecule has 1 aromatic heterocycles. The second-order valence-corrected chi connectivity index (χ2v) is 7.32. The first kappa shape index (κ1) is 16.6. The second-order valence-electron chi connectivity index (χ2n) is 4.40. The van der Waals surface area contributed by atoms with Crippen molar-refractivity contribution < 1.29 is 12.8 Å². The van der Waals surface area contributed by atoms with E-state index in [0.29, 0.717) is 12.3 Å². The molecule has 0 saturated carbocycles. The van der Waals surface area contributed by atoms with Crippen LogP contribution in [-0.2, 0) is 16.6 Å². The minimum absolute atomic E-state index is 0.0104. The predicted octanol–water partition coefficient (Wildman–Crippen LogP) is 1.76. The lowest BCUT2D eigenvalue weighted by Crippen LogP contribution is -2.35. The number of hydrogen-bond acceptors (Lipinski definition) is 5. The molecule has 1 rings (SSSR count). The number of hydrogen-bond donors (Lipinski definition) is 1. The number of rotatable bonds is 8. The van der Waals surface area contributed by atoms with Crippen molar-refractivity contribution >= 4 is 21.8 Å². The molecule has 0 aliphatic rings. The lowest BCUT2D eigenvalue weighted by atomic mass is 10.3. The monoisotopic (exact) mass is 306 g/mol. The highest BCUT2D eigenvalue weighted by molar-refractivity contribution is 7.98. The molecule has 1 unspecified atom stereocenters. The molecule has 0 spiro atoms. The lowest BCUT2D eigenvalue weighted by Gasteiger charge is -2.22. The van der Waals surface area contributed by atoms with Crippen molar-refractivity contribution in [1.29, 1.82) is 0 Å². The van der Waals surface area contributed by atoms with Crippen LogP contribution >= 0.6 is 11.8 Å². The van der Waals surface area contributed by atoms with Crippen molar-refractivity contribution in [1.82, 2.24) is 9.62 Å². The number of furan rings is 1. The zero-order valence-corrected chi connectivity index (χ0v) is 13.5. The topological polar surface area (TPSA) is 62.6 Å². The van der Waals surface area contributed by atoms with Crippen molar-refractivity contribution in [2.45, 2.75) is 31.0 Å². The number of sulfonamides is 1. The summed E-state index contributed by atoms with van der Waals surface area (Å²) in [5, 5.41) is 2.93. The predicted molar refractivity (Wildman–Crippen MR) is 78.9 cm³/mol. The molecule has 7 heteroatoms. The molecule has 0 aliphatic heterocycles. The third-order valence-electron chi connectivity index (χ3n) is 2.98. The van der Waals surface area contributed by atoms with Gasteiger partial charge in [-0.15, -0.1) is 0 Å². The van der Waals surface area contributed by atoms with Gasteiger partial charge in [0, 0.05) is 13.1 Å². The van der Waals surface area contributed by atoms with Gasteiger partial charge in [0.05, 0.1) is 6.54 Å². The van der Waals surface area contributed by atoms with Gasteiger partial charge in [0.15, 0.2) is 0 Å². The van der Waals surface area contributed by atoms with Crippen LogP contribution in [0.4, 0.5) is 0 Å². The number of thioether (sulfide) groups is 1. The zero-order chi connectivity index (χ0) is 14.5. The fraction of sp³-hybridized carbons (Fsp3) is 0.667. The summed E-state index contributed by atoms with van der Waals surface area (Å²) in [5.41, 5.74) is 0. The van der Waals surface area contributed by atoms with E-state index in [4.69, 9.17) is 4.42 Å². The van der Waals surface area contributed by atoms with E-state index >= 15 is 0 Å². The van der Waals surface area contributed by atoms with Gasteiger partial charge < -0.3 is 9.73 Å². The Kier molecular flexibility index (Phi) is 6.38. The van der Waals surface area contributed by atoms with Crippen LogP contribution in [0.2, 0.25) is 0 Å². The summed E-state index contributed by atoms with van der Waals surface area (Å²) < 4.78 is 31.5. The fourth-order valence-corrected chi connectivity index (χ4v) is 3.51. The SMILES string of the molecule is CNCc1ccc(S(=O)(=O)N(C)C(C)CCSC)o1. The van der Waals surface area contributed by atoms with E-state index in [1.807, 2.05) is 13.2 Å². The van der Waals surface area contributed by atoms with Crippen LogP contribution in [0.3, 0.4) is 0 Å². The Bertz CT molecular complexity index is 485. The van der Waals surface area contributed by atoms with Crippen LogP contribution in [0, 0.1) is 0 Å². The van der Waals surface area contributed by atoms with E-state index < -0.39 is 10.0 Å². The first-order valence-electron chi connectivity index (χ1n) is 6.13. The molecule has 1 aromatic rings. The smallest absolute Gasteiger partial charge is 0.276 e. The molecule has 5 nitrogen and oxygen atoms in total. The Morgan fingerprint density at radius 2 is 2.16 bits per heavy atom. The molecule has 0 saturated heterocycles. The van der Waals surface area contributed by atoms with Crippen LogP contribution in [0.25, 0.3) is 0 Å². The van der Waals surface area contributed by atoms with Gasteiger partial charge in [0.2, 0.25) is 5.09 Å². The molecule has 0 amide bonds. The minimum Gasteiger partial charge on any atom is -0.447 e. The van der Waals surface area contributed by atoms with E-state index in [0.717, 1.165) is 12.2 Å². The van der Waals surface area contributed by atoms with E-state index in [1.54, 1.807) is 31.9 Å². The summed E-state index contributed by atoms with van der Waals surface area (Å²) in [6, 6.07) is 3.15. The summed E-state index contributed by atoms with van der Waals surface area (Å²) in [4.78, 5) is 0. The molecule has 1 N–H and O–H groups in total. The Hall–Kier alpha value is -0.500. The quantitative estimate of drug-likeness (QED) is 0.793. The highest BCUT2D eigenvalue weighted by atomic mass is 32.2. The number of nitrogens with zero attached hydrogens (tertiary/aromatic N) is 1. The average molecular weight is 306 g/mol. The summed E-state index contributed by atoms with van der Waals surface area (Å²) in [6.45, 7) is 2.42. The van der Waals surface area contributed by atoms with Crippen LogP contribution < -0.4 is 5.32 Å².